The van der Waals surface area contributed by atoms with Gasteiger partial charge in [0.25, 0.3) is 5.56 Å². The summed E-state index contributed by atoms with van der Waals surface area (Å²) in [4.78, 5) is 40.4. The van der Waals surface area contributed by atoms with Crippen molar-refractivity contribution in [3.63, 3.8) is 0 Å². The first kappa shape index (κ1) is 25.1. The number of carboxylic acid groups (broad SMARTS) is 1. The van der Waals surface area contributed by atoms with Crippen LogP contribution in [0.25, 0.3) is 27.7 Å². The number of hydrogen-bond donors (Lipinski definition) is 1. The Labute approximate surface area is 232 Å². The molecule has 206 valence electrons. The lowest BCUT2D eigenvalue weighted by Gasteiger charge is -2.32. The molecule has 5 aromatic rings. The van der Waals surface area contributed by atoms with E-state index in [9.17, 15) is 19.1 Å². The minimum Gasteiger partial charge on any atom is -0.481 e. The van der Waals surface area contributed by atoms with Crippen molar-refractivity contribution in [2.75, 3.05) is 0 Å². The van der Waals surface area contributed by atoms with E-state index < -0.39 is 17.4 Å². The summed E-state index contributed by atoms with van der Waals surface area (Å²) in [5.41, 5.74) is 2.66. The average molecular weight is 553 g/mol. The first-order chi connectivity index (χ1) is 19.8. The van der Waals surface area contributed by atoms with Crippen LogP contribution in [0, 0.1) is 17.7 Å². The van der Waals surface area contributed by atoms with Gasteiger partial charge in [0.15, 0.2) is 5.58 Å². The van der Waals surface area contributed by atoms with Crippen LogP contribution in [0.2, 0.25) is 0 Å². The lowest BCUT2D eigenvalue weighted by atomic mass is 9.73. The number of rotatable bonds is 6. The number of oxime groups is 1. The second-order valence-electron chi connectivity index (χ2n) is 11.0. The molecule has 1 atom stereocenters. The molecule has 1 fully saturated rings. The fourth-order valence-corrected chi connectivity index (χ4v) is 5.67. The summed E-state index contributed by atoms with van der Waals surface area (Å²) in [5.74, 6) is -0.580. The third-order valence-corrected chi connectivity index (χ3v) is 8.02. The highest BCUT2D eigenvalue weighted by molar-refractivity contribution is 6.03. The van der Waals surface area contributed by atoms with Crippen molar-refractivity contribution in [1.82, 2.24) is 14.5 Å². The molecule has 2 aliphatic rings. The molecule has 41 heavy (non-hydrogen) atoms. The Morgan fingerprint density at radius 2 is 1.85 bits per heavy atom. The Morgan fingerprint density at radius 1 is 1.07 bits per heavy atom. The van der Waals surface area contributed by atoms with E-state index in [1.807, 2.05) is 43.3 Å². The maximum Gasteiger partial charge on any atom is 0.306 e. The SMILES string of the molecule is CC1(c2nc3ccccc3o2)CC(c2ccc3c(=O)n(-c4ccc(F)cc4)c(CC4CC(C(=O)O)C4)nc3c2)=NO1. The van der Waals surface area contributed by atoms with E-state index in [0.29, 0.717) is 65.3 Å². The van der Waals surface area contributed by atoms with Gasteiger partial charge in [-0.2, -0.15) is 0 Å². The van der Waals surface area contributed by atoms with Crippen LogP contribution >= 0.6 is 0 Å². The number of aromatic nitrogens is 3. The summed E-state index contributed by atoms with van der Waals surface area (Å²) in [6.07, 6.45) is 1.88. The van der Waals surface area contributed by atoms with E-state index >= 15 is 0 Å². The molecule has 7 rings (SSSR count). The zero-order chi connectivity index (χ0) is 28.3. The number of carbonyl (C=O) groups is 1. The Bertz CT molecular complexity index is 1890. The maximum atomic E-state index is 13.8. The van der Waals surface area contributed by atoms with E-state index in [2.05, 4.69) is 10.1 Å². The minimum absolute atomic E-state index is 0.0833. The predicted molar refractivity (Wildman–Crippen MR) is 148 cm³/mol. The third kappa shape index (κ3) is 4.35. The van der Waals surface area contributed by atoms with Crippen LogP contribution in [0.15, 0.2) is 81.1 Å². The van der Waals surface area contributed by atoms with Gasteiger partial charge in [0.1, 0.15) is 17.2 Å². The molecule has 1 N–H and O–H groups in total. The second-order valence-corrected chi connectivity index (χ2v) is 11.0. The Kier molecular flexibility index (Phi) is 5.74. The molecule has 0 radical (unpaired) electrons. The molecule has 0 amide bonds. The summed E-state index contributed by atoms with van der Waals surface area (Å²) >= 11 is 0. The third-order valence-electron chi connectivity index (χ3n) is 8.02. The Hall–Kier alpha value is -4.86. The van der Waals surface area contributed by atoms with Gasteiger partial charge in [0.05, 0.1) is 28.2 Å². The summed E-state index contributed by atoms with van der Waals surface area (Å²) in [6.45, 7) is 1.87. The molecule has 3 aromatic carbocycles. The molecule has 1 aliphatic heterocycles. The van der Waals surface area contributed by atoms with Crippen molar-refractivity contribution in [2.45, 2.75) is 38.2 Å². The van der Waals surface area contributed by atoms with Gasteiger partial charge in [-0.3, -0.25) is 14.2 Å². The number of aliphatic carboxylic acids is 1. The normalized spacial score (nSPS) is 22.0. The average Bonchev–Trinajstić information content (AvgIpc) is 3.56. The summed E-state index contributed by atoms with van der Waals surface area (Å²) < 4.78 is 21.1. The first-order valence-corrected chi connectivity index (χ1v) is 13.4. The number of fused-ring (bicyclic) bond motifs is 2. The van der Waals surface area contributed by atoms with Gasteiger partial charge in [0, 0.05) is 18.4 Å². The molecule has 0 spiro atoms. The highest BCUT2D eigenvalue weighted by Crippen LogP contribution is 2.38. The molecular formula is C31H25FN4O5. The standard InChI is InChI=1S/C31H25FN4O5/c1-31(30-34-23-4-2-3-5-26(23)40-30)16-25(35-41-31)18-6-11-22-24(15-18)33-27(14-17-12-19(13-17)29(38)39)36(28(22)37)21-9-7-20(32)8-10-21/h2-11,15,17,19H,12-14,16H2,1H3,(H,38,39). The number of benzene rings is 3. The first-order valence-electron chi connectivity index (χ1n) is 13.4. The van der Waals surface area contributed by atoms with E-state index in [-0.39, 0.29) is 17.4 Å². The molecule has 1 saturated carbocycles. The van der Waals surface area contributed by atoms with Crippen molar-refractivity contribution >= 4 is 33.7 Å². The van der Waals surface area contributed by atoms with Gasteiger partial charge in [-0.05, 0) is 74.2 Å². The molecule has 10 heteroatoms. The zero-order valence-corrected chi connectivity index (χ0v) is 22.1. The van der Waals surface area contributed by atoms with Gasteiger partial charge in [-0.1, -0.05) is 23.4 Å². The number of halogens is 1. The lowest BCUT2D eigenvalue weighted by Crippen LogP contribution is -2.33. The fourth-order valence-electron chi connectivity index (χ4n) is 5.67. The Morgan fingerprint density at radius 3 is 2.61 bits per heavy atom. The summed E-state index contributed by atoms with van der Waals surface area (Å²) in [6, 6.07) is 18.5. The molecule has 0 saturated heterocycles. The Balaban J connectivity index is 1.24. The van der Waals surface area contributed by atoms with Crippen LogP contribution in [-0.2, 0) is 21.7 Å². The van der Waals surface area contributed by atoms with Gasteiger partial charge < -0.3 is 14.4 Å². The molecule has 1 unspecified atom stereocenters. The zero-order valence-electron chi connectivity index (χ0n) is 22.1. The molecule has 0 bridgehead atoms. The van der Waals surface area contributed by atoms with Crippen LogP contribution in [0.4, 0.5) is 4.39 Å². The highest BCUT2D eigenvalue weighted by Gasteiger charge is 2.41. The van der Waals surface area contributed by atoms with E-state index in [4.69, 9.17) is 14.2 Å². The van der Waals surface area contributed by atoms with E-state index in [1.165, 1.54) is 16.7 Å². The molecule has 9 nitrogen and oxygen atoms in total. The van der Waals surface area contributed by atoms with Crippen LogP contribution < -0.4 is 5.56 Å². The monoisotopic (exact) mass is 552 g/mol. The summed E-state index contributed by atoms with van der Waals surface area (Å²) in [7, 11) is 0. The smallest absolute Gasteiger partial charge is 0.306 e. The van der Waals surface area contributed by atoms with Gasteiger partial charge in [-0.15, -0.1) is 0 Å². The molecule has 1 aliphatic carbocycles. The van der Waals surface area contributed by atoms with E-state index in [0.717, 1.165) is 11.1 Å². The molecular weight excluding hydrogens is 527 g/mol. The van der Waals surface area contributed by atoms with Crippen molar-refractivity contribution < 1.29 is 23.5 Å². The van der Waals surface area contributed by atoms with Gasteiger partial charge >= 0.3 is 5.97 Å². The lowest BCUT2D eigenvalue weighted by molar-refractivity contribution is -0.146. The highest BCUT2D eigenvalue weighted by atomic mass is 19.1. The summed E-state index contributed by atoms with van der Waals surface area (Å²) in [5, 5.41) is 14.0. The number of para-hydroxylation sites is 2. The van der Waals surface area contributed by atoms with Crippen LogP contribution in [-0.4, -0.2) is 31.3 Å². The minimum atomic E-state index is -0.890. The van der Waals surface area contributed by atoms with Crippen molar-refractivity contribution in [2.24, 2.45) is 17.0 Å². The second kappa shape index (κ2) is 9.36. The van der Waals surface area contributed by atoms with Crippen LogP contribution in [0.1, 0.15) is 43.5 Å². The number of oxazole rings is 1. The molecule has 2 aromatic heterocycles. The maximum absolute atomic E-state index is 13.8. The van der Waals surface area contributed by atoms with Crippen molar-refractivity contribution in [1.29, 1.82) is 0 Å². The van der Waals surface area contributed by atoms with Crippen molar-refractivity contribution in [3.05, 3.63) is 100 Å². The fraction of sp³-hybridized carbons (Fsp3) is 0.258. The van der Waals surface area contributed by atoms with Crippen LogP contribution in [0.5, 0.6) is 0 Å². The largest absolute Gasteiger partial charge is 0.481 e. The van der Waals surface area contributed by atoms with Gasteiger partial charge in [0.2, 0.25) is 11.5 Å². The topological polar surface area (TPSA) is 120 Å². The van der Waals surface area contributed by atoms with Crippen molar-refractivity contribution in [3.8, 4) is 5.69 Å². The van der Waals surface area contributed by atoms with Crippen LogP contribution in [0.3, 0.4) is 0 Å². The predicted octanol–water partition coefficient (Wildman–Crippen LogP) is 5.36. The number of nitrogens with zero attached hydrogens (tertiary/aromatic N) is 4. The number of hydrogen-bond acceptors (Lipinski definition) is 7. The quantitative estimate of drug-likeness (QED) is 0.301. The van der Waals surface area contributed by atoms with E-state index in [1.54, 1.807) is 18.2 Å². The number of carboxylic acids is 1. The van der Waals surface area contributed by atoms with Gasteiger partial charge in [-0.25, -0.2) is 14.4 Å². The molecule has 3 heterocycles.